The highest BCUT2D eigenvalue weighted by Crippen LogP contribution is 2.26. The number of hydrogen-bond donors (Lipinski definition) is 0. The number of anilines is 1. The molecular formula is C24H23NO4. The Kier molecular flexibility index (Phi) is 6.63. The van der Waals surface area contributed by atoms with Crippen molar-refractivity contribution in [3.8, 4) is 5.75 Å². The van der Waals surface area contributed by atoms with Gasteiger partial charge in [0, 0.05) is 18.0 Å². The topological polar surface area (TPSA) is 55.8 Å². The number of likely N-dealkylation sites (N-methyl/N-ethyl adjacent to an activating group) is 1. The van der Waals surface area contributed by atoms with Gasteiger partial charge >= 0.3 is 5.97 Å². The van der Waals surface area contributed by atoms with E-state index in [0.717, 1.165) is 22.0 Å². The summed E-state index contributed by atoms with van der Waals surface area (Å²) in [5.74, 6) is -0.147. The highest BCUT2D eigenvalue weighted by atomic mass is 16.5. The molecule has 0 saturated carbocycles. The molecule has 0 fully saturated rings. The molecule has 148 valence electrons. The van der Waals surface area contributed by atoms with E-state index in [9.17, 15) is 9.59 Å². The van der Waals surface area contributed by atoms with Crippen molar-refractivity contribution >= 4 is 34.4 Å². The Hall–Kier alpha value is -3.60. The van der Waals surface area contributed by atoms with Crippen LogP contribution in [-0.2, 0) is 14.3 Å². The predicted molar refractivity (Wildman–Crippen MR) is 115 cm³/mol. The molecule has 0 N–H and O–H groups in total. The number of carbonyl (C=O) groups excluding carboxylic acids is 2. The van der Waals surface area contributed by atoms with Crippen molar-refractivity contribution in [2.75, 3.05) is 25.2 Å². The number of rotatable bonds is 7. The van der Waals surface area contributed by atoms with Crippen LogP contribution in [0.1, 0.15) is 12.5 Å². The van der Waals surface area contributed by atoms with Crippen LogP contribution >= 0.6 is 0 Å². The Morgan fingerprint density at radius 1 is 1.00 bits per heavy atom. The molecule has 0 bridgehead atoms. The van der Waals surface area contributed by atoms with Gasteiger partial charge in [-0.2, -0.15) is 0 Å². The van der Waals surface area contributed by atoms with Crippen molar-refractivity contribution in [1.29, 1.82) is 0 Å². The Balaban J connectivity index is 1.65. The second kappa shape index (κ2) is 9.55. The minimum Gasteiger partial charge on any atom is -0.497 e. The smallest absolute Gasteiger partial charge is 0.331 e. The second-order valence-corrected chi connectivity index (χ2v) is 6.35. The first kappa shape index (κ1) is 20.1. The summed E-state index contributed by atoms with van der Waals surface area (Å²) in [4.78, 5) is 26.3. The summed E-state index contributed by atoms with van der Waals surface area (Å²) in [5, 5.41) is 2.03. The average molecular weight is 389 g/mol. The molecule has 0 spiro atoms. The lowest BCUT2D eigenvalue weighted by Crippen LogP contribution is -2.34. The highest BCUT2D eigenvalue weighted by molar-refractivity contribution is 6.04. The number of methoxy groups -OCH3 is 1. The minimum atomic E-state index is -0.574. The molecule has 0 aliphatic carbocycles. The van der Waals surface area contributed by atoms with Crippen LogP contribution in [0.5, 0.6) is 5.75 Å². The van der Waals surface area contributed by atoms with Crippen LogP contribution in [-0.4, -0.2) is 32.1 Å². The average Bonchev–Trinajstić information content (AvgIpc) is 2.77. The Morgan fingerprint density at radius 3 is 2.55 bits per heavy atom. The summed E-state index contributed by atoms with van der Waals surface area (Å²) in [6.07, 6.45) is 2.92. The van der Waals surface area contributed by atoms with Crippen LogP contribution in [0, 0.1) is 0 Å². The summed E-state index contributed by atoms with van der Waals surface area (Å²) in [6, 6.07) is 21.0. The summed E-state index contributed by atoms with van der Waals surface area (Å²) in [7, 11) is 1.58. The number of amides is 1. The van der Waals surface area contributed by atoms with Gasteiger partial charge in [-0.25, -0.2) is 4.79 Å². The maximum Gasteiger partial charge on any atom is 0.331 e. The Labute approximate surface area is 170 Å². The fraction of sp³-hybridized carbons (Fsp3) is 0.167. The number of fused-ring (bicyclic) bond motifs is 1. The Bertz CT molecular complexity index is 1040. The molecule has 3 aromatic carbocycles. The van der Waals surface area contributed by atoms with Crippen LogP contribution in [0.2, 0.25) is 0 Å². The predicted octanol–water partition coefficient (Wildman–Crippen LogP) is 4.46. The molecule has 3 aromatic rings. The molecule has 0 aromatic heterocycles. The molecule has 5 nitrogen and oxygen atoms in total. The van der Waals surface area contributed by atoms with Gasteiger partial charge in [0.25, 0.3) is 5.91 Å². The van der Waals surface area contributed by atoms with Gasteiger partial charge < -0.3 is 14.4 Å². The third-order valence-corrected chi connectivity index (χ3v) is 4.52. The summed E-state index contributed by atoms with van der Waals surface area (Å²) in [6.45, 7) is 2.05. The number of ether oxygens (including phenoxy) is 2. The normalized spacial score (nSPS) is 10.8. The first-order chi connectivity index (χ1) is 14.1. The lowest BCUT2D eigenvalue weighted by molar-refractivity contribution is -0.142. The van der Waals surface area contributed by atoms with Crippen LogP contribution in [0.3, 0.4) is 0 Å². The maximum absolute atomic E-state index is 12.7. The largest absolute Gasteiger partial charge is 0.497 e. The second-order valence-electron chi connectivity index (χ2n) is 6.35. The maximum atomic E-state index is 12.7. The summed E-state index contributed by atoms with van der Waals surface area (Å²) in [5.41, 5.74) is 1.61. The first-order valence-electron chi connectivity index (χ1n) is 9.39. The van der Waals surface area contributed by atoms with Gasteiger partial charge in [0.05, 0.1) is 12.8 Å². The van der Waals surface area contributed by atoms with E-state index in [1.54, 1.807) is 24.2 Å². The zero-order valence-corrected chi connectivity index (χ0v) is 16.5. The zero-order chi connectivity index (χ0) is 20.6. The third kappa shape index (κ3) is 5.02. The fourth-order valence-electron chi connectivity index (χ4n) is 3.09. The molecule has 5 heteroatoms. The molecule has 0 aliphatic heterocycles. The number of hydrogen-bond acceptors (Lipinski definition) is 4. The van der Waals surface area contributed by atoms with E-state index in [-0.39, 0.29) is 12.5 Å². The van der Waals surface area contributed by atoms with Gasteiger partial charge in [-0.15, -0.1) is 0 Å². The van der Waals surface area contributed by atoms with Crippen LogP contribution in [0.25, 0.3) is 16.8 Å². The monoisotopic (exact) mass is 389 g/mol. The molecule has 0 unspecified atom stereocenters. The van der Waals surface area contributed by atoms with E-state index < -0.39 is 5.97 Å². The van der Waals surface area contributed by atoms with Crippen molar-refractivity contribution in [2.24, 2.45) is 0 Å². The number of carbonyl (C=O) groups is 2. The Morgan fingerprint density at radius 2 is 1.76 bits per heavy atom. The van der Waals surface area contributed by atoms with E-state index in [1.165, 1.54) is 6.08 Å². The molecule has 0 atom stereocenters. The van der Waals surface area contributed by atoms with Crippen molar-refractivity contribution in [3.63, 3.8) is 0 Å². The third-order valence-electron chi connectivity index (χ3n) is 4.52. The SMILES string of the molecule is CCN(C(=O)COC(=O)C=Cc1cccc(OC)c1)c1cccc2ccccc12. The molecule has 0 saturated heterocycles. The lowest BCUT2D eigenvalue weighted by atomic mass is 10.1. The van der Waals surface area contributed by atoms with Gasteiger partial charge in [-0.3, -0.25) is 4.79 Å². The van der Waals surface area contributed by atoms with Gasteiger partial charge in [-0.05, 0) is 42.1 Å². The number of benzene rings is 3. The van der Waals surface area contributed by atoms with Crippen LogP contribution < -0.4 is 9.64 Å². The van der Waals surface area contributed by atoms with Crippen LogP contribution in [0.15, 0.2) is 72.8 Å². The van der Waals surface area contributed by atoms with Gasteiger partial charge in [0.1, 0.15) is 5.75 Å². The molecule has 1 amide bonds. The van der Waals surface area contributed by atoms with E-state index in [2.05, 4.69) is 0 Å². The quantitative estimate of drug-likeness (QED) is 0.442. The van der Waals surface area contributed by atoms with Crippen LogP contribution in [0.4, 0.5) is 5.69 Å². The molecular weight excluding hydrogens is 366 g/mol. The highest BCUT2D eigenvalue weighted by Gasteiger charge is 2.17. The standard InChI is InChI=1S/C24H23NO4/c1-3-25(22-13-7-10-19-9-4-5-12-21(19)22)23(26)17-29-24(27)15-14-18-8-6-11-20(16-18)28-2/h4-16H,3,17H2,1-2H3. The van der Waals surface area contributed by atoms with Gasteiger partial charge in [0.2, 0.25) is 0 Å². The number of esters is 1. The number of nitrogens with zero attached hydrogens (tertiary/aromatic N) is 1. The van der Waals surface area contributed by atoms with E-state index in [0.29, 0.717) is 12.3 Å². The van der Waals surface area contributed by atoms with E-state index in [1.807, 2.05) is 67.6 Å². The molecule has 3 rings (SSSR count). The van der Waals surface area contributed by atoms with Gasteiger partial charge in [-0.1, -0.05) is 48.5 Å². The summed E-state index contributed by atoms with van der Waals surface area (Å²) >= 11 is 0. The molecule has 0 aliphatic rings. The molecule has 0 heterocycles. The first-order valence-corrected chi connectivity index (χ1v) is 9.39. The van der Waals surface area contributed by atoms with Crippen molar-refractivity contribution in [3.05, 3.63) is 78.4 Å². The fourth-order valence-corrected chi connectivity index (χ4v) is 3.09. The molecule has 29 heavy (non-hydrogen) atoms. The zero-order valence-electron chi connectivity index (χ0n) is 16.5. The lowest BCUT2D eigenvalue weighted by Gasteiger charge is -2.22. The van der Waals surface area contributed by atoms with E-state index >= 15 is 0 Å². The van der Waals surface area contributed by atoms with Crippen molar-refractivity contribution in [1.82, 2.24) is 0 Å². The molecule has 0 radical (unpaired) electrons. The van der Waals surface area contributed by atoms with Gasteiger partial charge in [0.15, 0.2) is 6.61 Å². The minimum absolute atomic E-state index is 0.271. The van der Waals surface area contributed by atoms with Crippen molar-refractivity contribution in [2.45, 2.75) is 6.92 Å². The van der Waals surface area contributed by atoms with Crippen molar-refractivity contribution < 1.29 is 19.1 Å². The van der Waals surface area contributed by atoms with E-state index in [4.69, 9.17) is 9.47 Å². The summed E-state index contributed by atoms with van der Waals surface area (Å²) < 4.78 is 10.3.